The van der Waals surface area contributed by atoms with Crippen molar-refractivity contribution in [3.63, 3.8) is 0 Å². The zero-order valence-electron chi connectivity index (χ0n) is 15.0. The molecule has 0 aliphatic carbocycles. The molecule has 2 rings (SSSR count). The molecule has 0 bridgehead atoms. The normalized spacial score (nSPS) is 10.8. The van der Waals surface area contributed by atoms with E-state index in [1.54, 1.807) is 0 Å². The Morgan fingerprint density at radius 3 is 2.67 bits per heavy atom. The molecule has 1 aromatic carbocycles. The zero-order chi connectivity index (χ0) is 17.4. The van der Waals surface area contributed by atoms with E-state index in [1.165, 1.54) is 24.0 Å². The largest absolute Gasteiger partial charge is 0.370 e. The summed E-state index contributed by atoms with van der Waals surface area (Å²) in [6.07, 6.45) is 4.36. The summed E-state index contributed by atoms with van der Waals surface area (Å²) in [4.78, 5) is 8.78. The first-order chi connectivity index (χ1) is 11.6. The molecule has 0 aliphatic rings. The first-order valence-corrected chi connectivity index (χ1v) is 8.73. The van der Waals surface area contributed by atoms with Gasteiger partial charge in [-0.1, -0.05) is 44.0 Å². The van der Waals surface area contributed by atoms with Crippen molar-refractivity contribution in [3.8, 4) is 0 Å². The third-order valence-electron chi connectivity index (χ3n) is 4.06. The lowest BCUT2D eigenvalue weighted by atomic mass is 10.0. The number of nitrogens with zero attached hydrogens (tertiary/aromatic N) is 2. The van der Waals surface area contributed by atoms with Gasteiger partial charge in [-0.15, -0.1) is 0 Å². The lowest BCUT2D eigenvalue weighted by molar-refractivity contribution is 0.741. The maximum Gasteiger partial charge on any atom is 0.222 e. The summed E-state index contributed by atoms with van der Waals surface area (Å²) in [5.41, 5.74) is 10.5. The average Bonchev–Trinajstić information content (AvgIpc) is 2.55. The molecule has 0 saturated carbocycles. The Kier molecular flexibility index (Phi) is 7.00. The molecule has 0 aliphatic heterocycles. The number of aryl methyl sites for hydroxylation is 1. The second-order valence-corrected chi connectivity index (χ2v) is 6.16. The highest BCUT2D eigenvalue weighted by atomic mass is 15.1. The third kappa shape index (κ3) is 5.20. The zero-order valence-corrected chi connectivity index (χ0v) is 15.0. The number of anilines is 2. The number of nitrogens with one attached hydrogen (secondary N) is 2. The monoisotopic (exact) mass is 327 g/mol. The number of aromatic nitrogens is 2. The van der Waals surface area contributed by atoms with Crippen LogP contribution in [0.5, 0.6) is 0 Å². The van der Waals surface area contributed by atoms with E-state index in [4.69, 9.17) is 5.73 Å². The number of benzene rings is 1. The van der Waals surface area contributed by atoms with Crippen molar-refractivity contribution in [1.29, 1.82) is 0 Å². The summed E-state index contributed by atoms with van der Waals surface area (Å²) < 4.78 is 0. The fourth-order valence-corrected chi connectivity index (χ4v) is 2.82. The van der Waals surface area contributed by atoms with Crippen LogP contribution in [0.2, 0.25) is 0 Å². The maximum atomic E-state index is 5.85. The molecule has 0 atom stereocenters. The fourth-order valence-electron chi connectivity index (χ4n) is 2.82. The maximum absolute atomic E-state index is 5.85. The van der Waals surface area contributed by atoms with E-state index in [9.17, 15) is 0 Å². The van der Waals surface area contributed by atoms with Crippen molar-refractivity contribution in [3.05, 3.63) is 46.6 Å². The van der Waals surface area contributed by atoms with E-state index in [0.717, 1.165) is 43.0 Å². The van der Waals surface area contributed by atoms with Crippen LogP contribution in [0.3, 0.4) is 0 Å². The molecule has 0 unspecified atom stereocenters. The number of nitrogen functional groups attached to an aromatic ring is 1. The standard InChI is InChI=1S/C19H29N5/c1-4-5-6-10-22-18-17(14(2)23-19(20)24-18)12-15-8-7-9-16(11-15)13-21-3/h7-9,11,21H,4-6,10,12-13H2,1-3H3,(H3,20,22,23,24). The fraction of sp³-hybridized carbons (Fsp3) is 0.474. The van der Waals surface area contributed by atoms with Gasteiger partial charge >= 0.3 is 0 Å². The summed E-state index contributed by atoms with van der Waals surface area (Å²) in [5, 5.41) is 6.64. The second-order valence-electron chi connectivity index (χ2n) is 6.16. The average molecular weight is 327 g/mol. The highest BCUT2D eigenvalue weighted by Crippen LogP contribution is 2.22. The molecule has 5 nitrogen and oxygen atoms in total. The molecule has 0 spiro atoms. The summed E-state index contributed by atoms with van der Waals surface area (Å²) >= 11 is 0. The Balaban J connectivity index is 2.20. The van der Waals surface area contributed by atoms with Gasteiger partial charge in [-0.25, -0.2) is 4.98 Å². The van der Waals surface area contributed by atoms with Gasteiger partial charge in [0, 0.05) is 30.8 Å². The van der Waals surface area contributed by atoms with Crippen LogP contribution in [-0.4, -0.2) is 23.6 Å². The van der Waals surface area contributed by atoms with E-state index in [2.05, 4.69) is 51.8 Å². The van der Waals surface area contributed by atoms with Gasteiger partial charge in [-0.05, 0) is 31.5 Å². The lowest BCUT2D eigenvalue weighted by Crippen LogP contribution is -2.12. The van der Waals surface area contributed by atoms with Crippen LogP contribution < -0.4 is 16.4 Å². The second kappa shape index (κ2) is 9.23. The Bertz CT molecular complexity index is 654. The van der Waals surface area contributed by atoms with E-state index in [0.29, 0.717) is 5.95 Å². The van der Waals surface area contributed by atoms with E-state index in [1.807, 2.05) is 14.0 Å². The molecule has 2 aromatic rings. The Morgan fingerprint density at radius 1 is 1.12 bits per heavy atom. The van der Waals surface area contributed by atoms with Crippen LogP contribution in [-0.2, 0) is 13.0 Å². The molecule has 24 heavy (non-hydrogen) atoms. The predicted octanol–water partition coefficient (Wildman–Crippen LogP) is 3.28. The summed E-state index contributed by atoms with van der Waals surface area (Å²) in [6.45, 7) is 5.99. The minimum absolute atomic E-state index is 0.332. The first kappa shape index (κ1) is 18.2. The Labute approximate surface area is 145 Å². The van der Waals surface area contributed by atoms with Crippen LogP contribution in [0.1, 0.15) is 48.6 Å². The molecule has 1 aromatic heterocycles. The highest BCUT2D eigenvalue weighted by molar-refractivity contribution is 5.51. The minimum atomic E-state index is 0.332. The molecule has 0 fully saturated rings. The van der Waals surface area contributed by atoms with Gasteiger partial charge in [0.05, 0.1) is 0 Å². The topological polar surface area (TPSA) is 75.9 Å². The molecular weight excluding hydrogens is 298 g/mol. The van der Waals surface area contributed by atoms with Crippen molar-refractivity contribution in [2.45, 2.75) is 46.1 Å². The van der Waals surface area contributed by atoms with E-state index < -0.39 is 0 Å². The molecule has 0 radical (unpaired) electrons. The summed E-state index contributed by atoms with van der Waals surface area (Å²) in [6, 6.07) is 8.61. The quantitative estimate of drug-likeness (QED) is 0.616. The van der Waals surface area contributed by atoms with Crippen molar-refractivity contribution in [1.82, 2.24) is 15.3 Å². The number of hydrogen-bond donors (Lipinski definition) is 3. The number of unbranched alkanes of at least 4 members (excludes halogenated alkanes) is 2. The van der Waals surface area contributed by atoms with Gasteiger partial charge in [0.2, 0.25) is 5.95 Å². The van der Waals surface area contributed by atoms with Gasteiger partial charge in [-0.2, -0.15) is 4.98 Å². The molecule has 5 heteroatoms. The van der Waals surface area contributed by atoms with Gasteiger partial charge in [0.1, 0.15) is 5.82 Å². The molecule has 1 heterocycles. The molecular formula is C19H29N5. The lowest BCUT2D eigenvalue weighted by Gasteiger charge is -2.14. The van der Waals surface area contributed by atoms with Gasteiger partial charge in [0.15, 0.2) is 0 Å². The van der Waals surface area contributed by atoms with Crippen molar-refractivity contribution in [2.24, 2.45) is 0 Å². The van der Waals surface area contributed by atoms with Gasteiger partial charge in [0.25, 0.3) is 0 Å². The number of hydrogen-bond acceptors (Lipinski definition) is 5. The smallest absolute Gasteiger partial charge is 0.222 e. The van der Waals surface area contributed by atoms with Crippen molar-refractivity contribution < 1.29 is 0 Å². The van der Waals surface area contributed by atoms with Crippen LogP contribution in [0.15, 0.2) is 24.3 Å². The summed E-state index contributed by atoms with van der Waals surface area (Å²) in [7, 11) is 1.96. The minimum Gasteiger partial charge on any atom is -0.370 e. The van der Waals surface area contributed by atoms with E-state index >= 15 is 0 Å². The predicted molar refractivity (Wildman–Crippen MR) is 101 cm³/mol. The Hall–Kier alpha value is -2.14. The Morgan fingerprint density at radius 2 is 1.92 bits per heavy atom. The van der Waals surface area contributed by atoms with Gasteiger partial charge < -0.3 is 16.4 Å². The van der Waals surface area contributed by atoms with Gasteiger partial charge in [-0.3, -0.25) is 0 Å². The first-order valence-electron chi connectivity index (χ1n) is 8.73. The molecule has 130 valence electrons. The van der Waals surface area contributed by atoms with Crippen LogP contribution in [0.4, 0.5) is 11.8 Å². The SMILES string of the molecule is CCCCCNc1nc(N)nc(C)c1Cc1cccc(CNC)c1. The van der Waals surface area contributed by atoms with E-state index in [-0.39, 0.29) is 0 Å². The number of nitrogens with two attached hydrogens (primary N) is 1. The molecule has 4 N–H and O–H groups in total. The number of rotatable bonds is 9. The van der Waals surface area contributed by atoms with Crippen molar-refractivity contribution in [2.75, 3.05) is 24.6 Å². The summed E-state index contributed by atoms with van der Waals surface area (Å²) in [5.74, 6) is 1.20. The van der Waals surface area contributed by atoms with Crippen molar-refractivity contribution >= 4 is 11.8 Å². The van der Waals surface area contributed by atoms with Crippen LogP contribution >= 0.6 is 0 Å². The third-order valence-corrected chi connectivity index (χ3v) is 4.06. The van der Waals surface area contributed by atoms with Crippen LogP contribution in [0, 0.1) is 6.92 Å². The molecule has 0 saturated heterocycles. The molecule has 0 amide bonds. The highest BCUT2D eigenvalue weighted by Gasteiger charge is 2.11. The van der Waals surface area contributed by atoms with Crippen LogP contribution in [0.25, 0.3) is 0 Å².